The van der Waals surface area contributed by atoms with Gasteiger partial charge in [0, 0.05) is 25.7 Å². The Kier molecular flexibility index (Phi) is 73.1. The Bertz CT molecular complexity index is 2730. The lowest BCUT2D eigenvalue weighted by molar-refractivity contribution is -0.161. The molecule has 0 radical (unpaired) electrons. The van der Waals surface area contributed by atoms with Gasteiger partial charge in [0.1, 0.15) is 19.3 Å². The van der Waals surface area contributed by atoms with E-state index < -0.39 is 97.5 Å². The molecule has 0 aromatic carbocycles. The summed E-state index contributed by atoms with van der Waals surface area (Å²) in [5.74, 6) is -2.33. The summed E-state index contributed by atoms with van der Waals surface area (Å²) in [6, 6.07) is 0. The number of hydrogen-bond donors (Lipinski definition) is 3. The molecule has 3 N–H and O–H groups in total. The molecule has 106 heavy (non-hydrogen) atoms. The number of rotatable bonds is 73. The topological polar surface area (TPSA) is 237 Å². The molecule has 0 heterocycles. The molecule has 0 amide bonds. The quantitative estimate of drug-likeness (QED) is 0.0169. The summed E-state index contributed by atoms with van der Waals surface area (Å²) in [6.45, 7) is 4.35. The molecular formula is C87H140O17P2. The number of aliphatic hydroxyl groups is 1. The molecule has 17 nitrogen and oxygen atoms in total. The molecule has 0 aliphatic carbocycles. The summed E-state index contributed by atoms with van der Waals surface area (Å²) in [6.07, 6.45) is 93.0. The molecule has 0 saturated carbocycles. The van der Waals surface area contributed by atoms with Crippen molar-refractivity contribution in [3.8, 4) is 0 Å². The average molecular weight is 1520 g/mol. The molecule has 0 spiro atoms. The monoisotopic (exact) mass is 1520 g/mol. The fourth-order valence-electron chi connectivity index (χ4n) is 9.85. The number of phosphoric acid groups is 2. The Morgan fingerprint density at radius 1 is 0.274 bits per heavy atom. The lowest BCUT2D eigenvalue weighted by Gasteiger charge is -2.21. The van der Waals surface area contributed by atoms with Crippen LogP contribution in [-0.4, -0.2) is 96.7 Å². The molecular weight excluding hydrogens is 1380 g/mol. The van der Waals surface area contributed by atoms with Gasteiger partial charge in [-0.25, -0.2) is 9.13 Å². The zero-order valence-electron chi connectivity index (χ0n) is 65.5. The van der Waals surface area contributed by atoms with E-state index in [0.29, 0.717) is 32.1 Å². The van der Waals surface area contributed by atoms with Crippen molar-refractivity contribution in [2.75, 3.05) is 39.6 Å². The predicted molar refractivity (Wildman–Crippen MR) is 436 cm³/mol. The van der Waals surface area contributed by atoms with E-state index in [1.807, 2.05) is 12.2 Å². The number of esters is 4. The maximum absolute atomic E-state index is 13.1. The van der Waals surface area contributed by atoms with Crippen LogP contribution in [-0.2, 0) is 65.4 Å². The number of phosphoric ester groups is 2. The smallest absolute Gasteiger partial charge is 0.462 e. The van der Waals surface area contributed by atoms with Crippen LogP contribution in [0.2, 0.25) is 0 Å². The summed E-state index contributed by atoms with van der Waals surface area (Å²) < 4.78 is 68.5. The van der Waals surface area contributed by atoms with E-state index >= 15 is 0 Å². The van der Waals surface area contributed by atoms with E-state index in [2.05, 4.69) is 198 Å². The second-order valence-corrected chi connectivity index (χ2v) is 28.8. The summed E-state index contributed by atoms with van der Waals surface area (Å²) in [5.41, 5.74) is 0. The Morgan fingerprint density at radius 3 is 0.802 bits per heavy atom. The second-order valence-electron chi connectivity index (χ2n) is 25.9. The van der Waals surface area contributed by atoms with Crippen LogP contribution in [0.1, 0.15) is 285 Å². The third-order valence-corrected chi connectivity index (χ3v) is 17.7. The first kappa shape index (κ1) is 100. The van der Waals surface area contributed by atoms with Crippen molar-refractivity contribution in [1.29, 1.82) is 0 Å². The lowest BCUT2D eigenvalue weighted by atomic mass is 10.1. The van der Waals surface area contributed by atoms with Crippen molar-refractivity contribution in [2.24, 2.45) is 0 Å². The van der Waals surface area contributed by atoms with E-state index in [1.54, 1.807) is 0 Å². The normalized spacial score (nSPS) is 14.8. The maximum Gasteiger partial charge on any atom is 0.472 e. The minimum atomic E-state index is -5.01. The number of carbonyl (C=O) groups excluding carboxylic acids is 4. The van der Waals surface area contributed by atoms with Gasteiger partial charge >= 0.3 is 39.5 Å². The van der Waals surface area contributed by atoms with Crippen LogP contribution in [0.4, 0.5) is 0 Å². The molecule has 0 fully saturated rings. The fourth-order valence-corrected chi connectivity index (χ4v) is 11.4. The number of aliphatic hydroxyl groups excluding tert-OH is 1. The second kappa shape index (κ2) is 77.3. The molecule has 19 heteroatoms. The van der Waals surface area contributed by atoms with Crippen molar-refractivity contribution >= 4 is 39.5 Å². The van der Waals surface area contributed by atoms with Gasteiger partial charge in [-0.1, -0.05) is 268 Å². The standard InChI is InChI=1S/C87H140O17P2/c1-5-9-13-17-21-25-29-33-37-39-40-42-45-48-52-56-60-64-68-72-85(90)98-78-83(104-87(92)74-70-66-62-58-54-50-46-41-38-34-30-26-22-18-14-10-6-2)80-102-106(95,96)100-76-81(88)75-99-105(93,94)101-79-82(103-86(91)73-69-65-61-57-53-49-44-36-32-28-24-20-16-12-8-4)77-97-84(89)71-67-63-59-55-51-47-43-35-31-27-23-19-15-11-7-3/h9-11,13-15,21-28,33-38,40,42-44,46,48,50,52,58,62,81-83,88H,5-8,12,16-20,29-32,39,41,45,47,49,51,53-57,59-61,63-80H2,1-4H3,(H,93,94)(H,95,96)/b13-9-,14-10-,15-11-,25-21-,26-22-,27-23-,28-24-,37-33-,38-34-,42-40-,43-35-,44-36-,50-46-,52-48-,62-58-. The Labute approximate surface area is 641 Å². The third kappa shape index (κ3) is 76.4. The number of carbonyl (C=O) groups is 4. The van der Waals surface area contributed by atoms with Crippen LogP contribution in [0.5, 0.6) is 0 Å². The van der Waals surface area contributed by atoms with Gasteiger partial charge in [-0.3, -0.25) is 37.3 Å². The zero-order chi connectivity index (χ0) is 77.4. The van der Waals surface area contributed by atoms with Gasteiger partial charge in [-0.2, -0.15) is 0 Å². The van der Waals surface area contributed by atoms with Crippen LogP contribution in [0.15, 0.2) is 182 Å². The number of allylic oxidation sites excluding steroid dienone is 30. The highest BCUT2D eigenvalue weighted by atomic mass is 31.2. The first-order valence-corrected chi connectivity index (χ1v) is 43.0. The van der Waals surface area contributed by atoms with E-state index in [4.69, 9.17) is 37.0 Å². The van der Waals surface area contributed by atoms with Crippen molar-refractivity contribution in [3.05, 3.63) is 182 Å². The highest BCUT2D eigenvalue weighted by molar-refractivity contribution is 7.47. The number of ether oxygens (including phenoxy) is 4. The molecule has 0 bridgehead atoms. The first-order valence-electron chi connectivity index (χ1n) is 40.0. The van der Waals surface area contributed by atoms with E-state index in [-0.39, 0.29) is 25.7 Å². The SMILES string of the molecule is CC/C=C\C/C=C\C/C=C\C/C=C\C/C=C\CCCCCC(=O)OCC(COP(=O)(O)OCC(O)COP(=O)(O)OCC(COC(=O)CCCCCCC/C=C\C/C=C\C/C=C\CC)OC(=O)CCCCCCC/C=C\C/C=C\CCCCC)OC(=O)CCC/C=C\C/C=C\C/C=C\C/C=C\C/C=C\CC. The maximum atomic E-state index is 13.1. The van der Waals surface area contributed by atoms with Gasteiger partial charge in [0.2, 0.25) is 0 Å². The van der Waals surface area contributed by atoms with Crippen molar-refractivity contribution in [1.82, 2.24) is 0 Å². The summed E-state index contributed by atoms with van der Waals surface area (Å²) in [7, 11) is -10.0. The summed E-state index contributed by atoms with van der Waals surface area (Å²) in [4.78, 5) is 73.1. The van der Waals surface area contributed by atoms with Crippen molar-refractivity contribution < 1.29 is 80.2 Å². The molecule has 5 unspecified atom stereocenters. The molecule has 0 saturated heterocycles. The largest absolute Gasteiger partial charge is 0.472 e. The zero-order valence-corrected chi connectivity index (χ0v) is 67.3. The molecule has 0 aliphatic heterocycles. The van der Waals surface area contributed by atoms with Gasteiger partial charge in [-0.15, -0.1) is 0 Å². The van der Waals surface area contributed by atoms with E-state index in [0.717, 1.165) is 180 Å². The van der Waals surface area contributed by atoms with Crippen LogP contribution < -0.4 is 0 Å². The minimum Gasteiger partial charge on any atom is -0.462 e. The van der Waals surface area contributed by atoms with Crippen LogP contribution >= 0.6 is 15.6 Å². The van der Waals surface area contributed by atoms with Gasteiger partial charge in [-0.05, 0) is 173 Å². The molecule has 0 aromatic rings. The van der Waals surface area contributed by atoms with Crippen molar-refractivity contribution in [2.45, 2.75) is 303 Å². The molecule has 600 valence electrons. The lowest BCUT2D eigenvalue weighted by Crippen LogP contribution is -2.30. The highest BCUT2D eigenvalue weighted by Crippen LogP contribution is 2.45. The van der Waals surface area contributed by atoms with Crippen LogP contribution in [0.25, 0.3) is 0 Å². The Balaban J connectivity index is 5.50. The fraction of sp³-hybridized carbons (Fsp3) is 0.609. The summed E-state index contributed by atoms with van der Waals surface area (Å²) >= 11 is 0. The van der Waals surface area contributed by atoms with Crippen LogP contribution in [0.3, 0.4) is 0 Å². The first-order chi connectivity index (χ1) is 51.7. The molecule has 5 atom stereocenters. The van der Waals surface area contributed by atoms with E-state index in [9.17, 15) is 43.2 Å². The van der Waals surface area contributed by atoms with E-state index in [1.165, 1.54) is 19.3 Å². The van der Waals surface area contributed by atoms with Crippen LogP contribution in [0, 0.1) is 0 Å². The molecule has 0 aliphatic rings. The van der Waals surface area contributed by atoms with Gasteiger partial charge in [0.05, 0.1) is 26.4 Å². The van der Waals surface area contributed by atoms with Crippen molar-refractivity contribution in [3.63, 3.8) is 0 Å². The van der Waals surface area contributed by atoms with Gasteiger partial charge in [0.15, 0.2) is 12.2 Å². The molecule has 0 aromatic heterocycles. The Morgan fingerprint density at radius 2 is 0.500 bits per heavy atom. The van der Waals surface area contributed by atoms with Gasteiger partial charge < -0.3 is 33.8 Å². The minimum absolute atomic E-state index is 0.00109. The number of hydrogen-bond acceptors (Lipinski definition) is 15. The average Bonchev–Trinajstić information content (AvgIpc) is 0.902. The number of unbranched alkanes of at least 4 members (excludes halogenated alkanes) is 17. The third-order valence-electron chi connectivity index (χ3n) is 15.8. The Hall–Kier alpha value is -5.84. The summed E-state index contributed by atoms with van der Waals surface area (Å²) in [5, 5.41) is 10.6. The van der Waals surface area contributed by atoms with Gasteiger partial charge in [0.25, 0.3) is 0 Å². The highest BCUT2D eigenvalue weighted by Gasteiger charge is 2.30. The molecule has 0 rings (SSSR count). The predicted octanol–water partition coefficient (Wildman–Crippen LogP) is 23.6.